The van der Waals surface area contributed by atoms with Crippen molar-refractivity contribution in [3.8, 4) is 0 Å². The normalized spacial score (nSPS) is 20.2. The fourth-order valence-corrected chi connectivity index (χ4v) is 1.82. The number of Topliss-reactive ketones (excluding diaryl/α,β-unsaturated/α-hetero) is 1. The molecule has 0 saturated carbocycles. The van der Waals surface area contributed by atoms with E-state index in [0.717, 1.165) is 6.42 Å². The maximum atomic E-state index is 11.3. The summed E-state index contributed by atoms with van der Waals surface area (Å²) in [4.78, 5) is 24.0. The molecule has 1 unspecified atom stereocenters. The Morgan fingerprint density at radius 3 is 2.31 bits per heavy atom. The maximum Gasteiger partial charge on any atom is 0.290 e. The lowest BCUT2D eigenvalue weighted by molar-refractivity contribution is -0.141. The molecule has 1 aliphatic rings. The van der Waals surface area contributed by atoms with Crippen molar-refractivity contribution in [2.75, 3.05) is 6.54 Å². The average molecular weight is 183 g/mol. The maximum absolute atomic E-state index is 11.3. The Hall–Kier alpha value is -0.860. The topological polar surface area (TPSA) is 37.4 Å². The summed E-state index contributed by atoms with van der Waals surface area (Å²) in [7, 11) is 0. The molecule has 0 aliphatic carbocycles. The minimum atomic E-state index is -0.284. The minimum absolute atomic E-state index is 0.207. The van der Waals surface area contributed by atoms with Gasteiger partial charge in [0.05, 0.1) is 0 Å². The minimum Gasteiger partial charge on any atom is -0.333 e. The highest BCUT2D eigenvalue weighted by Crippen LogP contribution is 2.16. The van der Waals surface area contributed by atoms with E-state index in [1.165, 1.54) is 0 Å². The fourth-order valence-electron chi connectivity index (χ4n) is 1.82. The summed E-state index contributed by atoms with van der Waals surface area (Å²) in [5.74, 6) is 0.0576. The van der Waals surface area contributed by atoms with Crippen LogP contribution in [0.25, 0.3) is 0 Å². The molecule has 3 heteroatoms. The number of carbonyl (C=O) groups excluding carboxylic acids is 2. The predicted molar refractivity (Wildman–Crippen MR) is 50.3 cm³/mol. The molecule has 13 heavy (non-hydrogen) atoms. The van der Waals surface area contributed by atoms with E-state index >= 15 is 0 Å². The molecule has 0 aromatic carbocycles. The molecule has 74 valence electrons. The van der Waals surface area contributed by atoms with Gasteiger partial charge in [-0.15, -0.1) is 0 Å². The number of hydrogen-bond donors (Lipinski definition) is 0. The molecule has 1 amide bonds. The van der Waals surface area contributed by atoms with E-state index in [0.29, 0.717) is 18.9 Å². The Bertz CT molecular complexity index is 223. The highest BCUT2D eigenvalue weighted by molar-refractivity contribution is 6.37. The van der Waals surface area contributed by atoms with Gasteiger partial charge in [0, 0.05) is 19.0 Å². The van der Waals surface area contributed by atoms with Gasteiger partial charge in [-0.05, 0) is 19.3 Å². The molecule has 1 atom stereocenters. The third-order valence-corrected chi connectivity index (χ3v) is 2.42. The molecule has 0 aromatic heterocycles. The summed E-state index contributed by atoms with van der Waals surface area (Å²) in [5, 5.41) is 0. The highest BCUT2D eigenvalue weighted by Gasteiger charge is 2.32. The van der Waals surface area contributed by atoms with Crippen molar-refractivity contribution in [2.45, 2.75) is 39.7 Å². The number of likely N-dealkylation sites (tertiary alicyclic amines) is 1. The van der Waals surface area contributed by atoms with E-state index < -0.39 is 0 Å². The van der Waals surface area contributed by atoms with Gasteiger partial charge in [-0.25, -0.2) is 0 Å². The Morgan fingerprint density at radius 1 is 1.31 bits per heavy atom. The molecule has 1 aliphatic heterocycles. The van der Waals surface area contributed by atoms with Gasteiger partial charge in [0.25, 0.3) is 5.91 Å². The molecule has 1 rings (SSSR count). The van der Waals surface area contributed by atoms with Gasteiger partial charge in [0.2, 0.25) is 5.78 Å². The number of amides is 1. The molecule has 1 saturated heterocycles. The van der Waals surface area contributed by atoms with Gasteiger partial charge < -0.3 is 4.90 Å². The van der Waals surface area contributed by atoms with Crippen LogP contribution < -0.4 is 0 Å². The van der Waals surface area contributed by atoms with Gasteiger partial charge in [0.15, 0.2) is 0 Å². The molecule has 0 radical (unpaired) electrons. The van der Waals surface area contributed by atoms with Crippen LogP contribution >= 0.6 is 0 Å². The second-order valence-electron chi connectivity index (χ2n) is 4.15. The monoisotopic (exact) mass is 183 g/mol. The summed E-state index contributed by atoms with van der Waals surface area (Å²) >= 11 is 0. The van der Waals surface area contributed by atoms with Crippen LogP contribution in [0.15, 0.2) is 0 Å². The van der Waals surface area contributed by atoms with Crippen molar-refractivity contribution in [3.63, 3.8) is 0 Å². The van der Waals surface area contributed by atoms with Crippen molar-refractivity contribution in [1.29, 1.82) is 0 Å². The third kappa shape index (κ3) is 2.29. The fraction of sp³-hybridized carbons (Fsp3) is 0.800. The van der Waals surface area contributed by atoms with Crippen LogP contribution in [0.4, 0.5) is 0 Å². The van der Waals surface area contributed by atoms with E-state index in [4.69, 9.17) is 0 Å². The van der Waals surface area contributed by atoms with Crippen molar-refractivity contribution in [2.24, 2.45) is 5.92 Å². The average Bonchev–Trinajstić information content (AvgIpc) is 2.31. The highest BCUT2D eigenvalue weighted by atomic mass is 16.2. The van der Waals surface area contributed by atoms with Gasteiger partial charge in [-0.2, -0.15) is 0 Å². The van der Waals surface area contributed by atoms with E-state index in [-0.39, 0.29) is 17.7 Å². The lowest BCUT2D eigenvalue weighted by Gasteiger charge is -2.24. The molecule has 0 N–H and O–H groups in total. The first-order valence-electron chi connectivity index (χ1n) is 4.86. The smallest absolute Gasteiger partial charge is 0.290 e. The van der Waals surface area contributed by atoms with E-state index in [1.807, 2.05) is 6.92 Å². The Morgan fingerprint density at radius 2 is 1.92 bits per heavy atom. The molecule has 3 nitrogen and oxygen atoms in total. The number of rotatable bonds is 3. The second kappa shape index (κ2) is 3.90. The molecule has 0 spiro atoms. The Kier molecular flexibility index (Phi) is 3.07. The standard InChI is InChI=1S/C10H17NO2/c1-7(2)6-8(3)11-5-4-9(12)10(11)13/h7-8H,4-6H2,1-3H3. The summed E-state index contributed by atoms with van der Waals surface area (Å²) in [6.07, 6.45) is 1.38. The Balaban J connectivity index is 2.53. The molecular weight excluding hydrogens is 166 g/mol. The van der Waals surface area contributed by atoms with Crippen LogP contribution in [0.2, 0.25) is 0 Å². The quantitative estimate of drug-likeness (QED) is 0.617. The van der Waals surface area contributed by atoms with Crippen molar-refractivity contribution < 1.29 is 9.59 Å². The van der Waals surface area contributed by atoms with Crippen LogP contribution in [0.5, 0.6) is 0 Å². The third-order valence-electron chi connectivity index (χ3n) is 2.42. The lowest BCUT2D eigenvalue weighted by atomic mass is 10.0. The van der Waals surface area contributed by atoms with Crippen LogP contribution in [0.3, 0.4) is 0 Å². The summed E-state index contributed by atoms with van der Waals surface area (Å²) in [5.41, 5.74) is 0. The molecule has 0 aromatic rings. The summed E-state index contributed by atoms with van der Waals surface area (Å²) in [6.45, 7) is 6.87. The second-order valence-corrected chi connectivity index (χ2v) is 4.15. The zero-order chi connectivity index (χ0) is 10.0. The number of ketones is 1. The van der Waals surface area contributed by atoms with Crippen LogP contribution in [0, 0.1) is 5.92 Å². The van der Waals surface area contributed by atoms with E-state index in [2.05, 4.69) is 13.8 Å². The van der Waals surface area contributed by atoms with Crippen LogP contribution in [-0.2, 0) is 9.59 Å². The molecule has 1 heterocycles. The van der Waals surface area contributed by atoms with E-state index in [1.54, 1.807) is 4.90 Å². The largest absolute Gasteiger partial charge is 0.333 e. The van der Waals surface area contributed by atoms with Crippen LogP contribution in [-0.4, -0.2) is 29.2 Å². The number of carbonyl (C=O) groups is 2. The Labute approximate surface area is 79.1 Å². The first-order chi connectivity index (χ1) is 6.02. The lowest BCUT2D eigenvalue weighted by Crippen LogP contribution is -2.36. The zero-order valence-electron chi connectivity index (χ0n) is 8.54. The number of hydrogen-bond acceptors (Lipinski definition) is 2. The van der Waals surface area contributed by atoms with Crippen molar-refractivity contribution in [3.05, 3.63) is 0 Å². The SMILES string of the molecule is CC(C)CC(C)N1CCC(=O)C1=O. The van der Waals surface area contributed by atoms with Crippen LogP contribution in [0.1, 0.15) is 33.6 Å². The van der Waals surface area contributed by atoms with E-state index in [9.17, 15) is 9.59 Å². The molecule has 0 bridgehead atoms. The van der Waals surface area contributed by atoms with Crippen molar-refractivity contribution in [1.82, 2.24) is 4.90 Å². The van der Waals surface area contributed by atoms with Gasteiger partial charge in [-0.1, -0.05) is 13.8 Å². The first kappa shape index (κ1) is 10.2. The van der Waals surface area contributed by atoms with Gasteiger partial charge in [0.1, 0.15) is 0 Å². The van der Waals surface area contributed by atoms with Gasteiger partial charge in [-0.3, -0.25) is 9.59 Å². The summed E-state index contributed by atoms with van der Waals surface area (Å²) in [6, 6.07) is 0.207. The first-order valence-corrected chi connectivity index (χ1v) is 4.86. The zero-order valence-corrected chi connectivity index (χ0v) is 8.54. The molecule has 1 fully saturated rings. The van der Waals surface area contributed by atoms with Gasteiger partial charge >= 0.3 is 0 Å². The summed E-state index contributed by atoms with van der Waals surface area (Å²) < 4.78 is 0. The molecular formula is C10H17NO2. The van der Waals surface area contributed by atoms with Crippen molar-refractivity contribution >= 4 is 11.7 Å². The number of nitrogens with zero attached hydrogens (tertiary/aromatic N) is 1. The predicted octanol–water partition coefficient (Wildman–Crippen LogP) is 1.22.